The number of fused-ring (bicyclic) bond motifs is 5. The molecule has 6 rings (SSSR count). The fraction of sp³-hybridized carbons (Fsp3) is 0.343. The first-order valence-electron chi connectivity index (χ1n) is 15.4. The van der Waals surface area contributed by atoms with Crippen LogP contribution >= 0.6 is 0 Å². The van der Waals surface area contributed by atoms with Crippen LogP contribution in [0, 0.1) is 23.0 Å². The van der Waals surface area contributed by atoms with E-state index in [9.17, 15) is 14.9 Å². The summed E-state index contributed by atoms with van der Waals surface area (Å²) >= 11 is 0. The molecule has 1 amide bonds. The number of nitrogens with zero attached hydrogens (tertiary/aromatic N) is 6. The maximum Gasteiger partial charge on any atom is 0.276 e. The largest absolute Gasteiger partial charge is 0.493 e. The summed E-state index contributed by atoms with van der Waals surface area (Å²) in [6, 6.07) is 8.75. The summed E-state index contributed by atoms with van der Waals surface area (Å²) in [6.07, 6.45) is 3.94. The number of halogens is 2. The lowest BCUT2D eigenvalue weighted by Gasteiger charge is -2.45. The lowest BCUT2D eigenvalue weighted by molar-refractivity contribution is -0.128. The number of aromatic nitrogens is 3. The van der Waals surface area contributed by atoms with Crippen molar-refractivity contribution in [2.24, 2.45) is 0 Å². The summed E-state index contributed by atoms with van der Waals surface area (Å²) in [5, 5.41) is 10.8. The van der Waals surface area contributed by atoms with Crippen molar-refractivity contribution in [2.45, 2.75) is 58.5 Å². The van der Waals surface area contributed by atoms with E-state index in [0.29, 0.717) is 24.2 Å². The van der Waals surface area contributed by atoms with Crippen molar-refractivity contribution in [1.82, 2.24) is 19.4 Å². The molecule has 1 aromatic carbocycles. The van der Waals surface area contributed by atoms with E-state index < -0.39 is 17.2 Å². The quantitative estimate of drug-likeness (QED) is 0.271. The van der Waals surface area contributed by atoms with Gasteiger partial charge in [0.2, 0.25) is 5.91 Å². The molecule has 2 aliphatic heterocycles. The second kappa shape index (κ2) is 12.0. The van der Waals surface area contributed by atoms with Crippen molar-refractivity contribution in [3.05, 3.63) is 88.0 Å². The van der Waals surface area contributed by atoms with Gasteiger partial charge >= 0.3 is 0 Å². The number of rotatable bonds is 3. The molecule has 1 saturated heterocycles. The molecule has 236 valence electrons. The number of hydrogen-bond acceptors (Lipinski definition) is 7. The number of piperazine rings is 1. The van der Waals surface area contributed by atoms with Gasteiger partial charge in [0.25, 0.3) is 5.56 Å². The van der Waals surface area contributed by atoms with Crippen LogP contribution in [0.15, 0.2) is 54.0 Å². The van der Waals surface area contributed by atoms with E-state index in [0.717, 1.165) is 5.56 Å². The Morgan fingerprint density at radius 1 is 1.15 bits per heavy atom. The molecule has 5 heterocycles. The van der Waals surface area contributed by atoms with Crippen LogP contribution in [0.1, 0.15) is 56.9 Å². The van der Waals surface area contributed by atoms with E-state index >= 15 is 8.78 Å². The minimum absolute atomic E-state index is 0.0609. The van der Waals surface area contributed by atoms with E-state index in [1.807, 2.05) is 38.7 Å². The summed E-state index contributed by atoms with van der Waals surface area (Å²) in [6.45, 7) is 12.0. The van der Waals surface area contributed by atoms with Crippen LogP contribution in [0.2, 0.25) is 0 Å². The topological polar surface area (TPSA) is 104 Å². The van der Waals surface area contributed by atoms with Crippen molar-refractivity contribution >= 4 is 22.6 Å². The zero-order chi connectivity index (χ0) is 32.9. The van der Waals surface area contributed by atoms with Gasteiger partial charge in [0, 0.05) is 36.8 Å². The lowest BCUT2D eigenvalue weighted by Crippen LogP contribution is -2.58. The van der Waals surface area contributed by atoms with E-state index in [1.165, 1.54) is 28.8 Å². The molecule has 2 atom stereocenters. The summed E-state index contributed by atoms with van der Waals surface area (Å²) < 4.78 is 39.2. The van der Waals surface area contributed by atoms with Crippen molar-refractivity contribution in [3.8, 4) is 28.8 Å². The minimum atomic E-state index is -0.841. The van der Waals surface area contributed by atoms with E-state index in [1.54, 1.807) is 17.2 Å². The van der Waals surface area contributed by atoms with Gasteiger partial charge in [-0.05, 0) is 68.5 Å². The molecule has 11 heteroatoms. The number of carbonyl (C=O) groups is 1. The first kappa shape index (κ1) is 30.9. The van der Waals surface area contributed by atoms with Crippen LogP contribution in [0.3, 0.4) is 0 Å². The molecule has 3 aromatic heterocycles. The first-order valence-corrected chi connectivity index (χ1v) is 15.4. The second-order valence-corrected chi connectivity index (χ2v) is 12.1. The number of pyridine rings is 3. The van der Waals surface area contributed by atoms with E-state index in [2.05, 4.69) is 17.6 Å². The summed E-state index contributed by atoms with van der Waals surface area (Å²) in [5.41, 5.74) is 0.847. The predicted molar refractivity (Wildman–Crippen MR) is 171 cm³/mol. The highest BCUT2D eigenvalue weighted by Gasteiger charge is 2.36. The molecule has 0 radical (unpaired) electrons. The Balaban J connectivity index is 1.76. The molecule has 0 N–H and O–H groups in total. The Morgan fingerprint density at radius 2 is 1.93 bits per heavy atom. The van der Waals surface area contributed by atoms with Crippen molar-refractivity contribution < 1.29 is 18.3 Å². The van der Waals surface area contributed by atoms with E-state index in [4.69, 9.17) is 9.72 Å². The highest BCUT2D eigenvalue weighted by Crippen LogP contribution is 2.40. The molecule has 1 fully saturated rings. The SMILES string of the molecule is C=CC(=O)N1C[C@H](C)N(c2c(C#N)c(=O)n3c4nc(c(F)cc24)-c2c(F)cccc2OCCCc2ccnc(C(C)C)c2-3)C[C@H]1C. The first-order chi connectivity index (χ1) is 22.1. The van der Waals surface area contributed by atoms with Crippen LogP contribution in [0.25, 0.3) is 28.0 Å². The highest BCUT2D eigenvalue weighted by atomic mass is 19.1. The van der Waals surface area contributed by atoms with Gasteiger partial charge in [0.1, 0.15) is 28.9 Å². The van der Waals surface area contributed by atoms with Gasteiger partial charge in [-0.2, -0.15) is 5.26 Å². The Hall–Kier alpha value is -5.11. The van der Waals surface area contributed by atoms with Crippen LogP contribution < -0.4 is 15.2 Å². The highest BCUT2D eigenvalue weighted by molar-refractivity contribution is 5.96. The van der Waals surface area contributed by atoms with Gasteiger partial charge < -0.3 is 14.5 Å². The molecule has 2 bridgehead atoms. The number of amides is 1. The van der Waals surface area contributed by atoms with Gasteiger partial charge in [-0.25, -0.2) is 13.8 Å². The number of hydrogen-bond donors (Lipinski definition) is 0. The third-order valence-corrected chi connectivity index (χ3v) is 8.79. The van der Waals surface area contributed by atoms with Crippen molar-refractivity contribution in [3.63, 3.8) is 0 Å². The molecule has 2 aliphatic rings. The van der Waals surface area contributed by atoms with Crippen LogP contribution in [0.4, 0.5) is 14.5 Å². The standard InChI is InChI=1S/C35H34F2N6O3/c1-6-28(44)41-17-21(5)42(18-20(41)4)33-23-15-26(37)31-29-25(36)10-7-11-27(29)46-14-8-9-22-12-13-39-30(19(2)3)32(22)43(34(23)40-31)35(45)24(33)16-38/h6-7,10-13,15,19-21H,1,8-9,14,17-18H2,2-5H3/t20-,21+/m1/s1. The van der Waals surface area contributed by atoms with Gasteiger partial charge in [0.05, 0.1) is 29.2 Å². The summed E-state index contributed by atoms with van der Waals surface area (Å²) in [7, 11) is 0. The summed E-state index contributed by atoms with van der Waals surface area (Å²) in [5.74, 6) is -1.78. The van der Waals surface area contributed by atoms with Crippen LogP contribution in [-0.4, -0.2) is 57.1 Å². The predicted octanol–water partition coefficient (Wildman–Crippen LogP) is 5.66. The smallest absolute Gasteiger partial charge is 0.276 e. The summed E-state index contributed by atoms with van der Waals surface area (Å²) in [4.78, 5) is 40.1. The molecule has 9 nitrogen and oxygen atoms in total. The Labute approximate surface area is 265 Å². The average molecular weight is 625 g/mol. The third kappa shape index (κ3) is 4.98. The zero-order valence-electron chi connectivity index (χ0n) is 26.2. The Morgan fingerprint density at radius 3 is 2.65 bits per heavy atom. The molecule has 0 aliphatic carbocycles. The second-order valence-electron chi connectivity index (χ2n) is 12.1. The number of aryl methyl sites for hydroxylation is 1. The fourth-order valence-electron chi connectivity index (χ4n) is 6.61. The Bertz CT molecular complexity index is 2000. The molecule has 4 aromatic rings. The Kier molecular flexibility index (Phi) is 8.06. The number of carbonyl (C=O) groups excluding carboxylic acids is 1. The number of anilines is 1. The van der Waals surface area contributed by atoms with Gasteiger partial charge in [-0.15, -0.1) is 0 Å². The third-order valence-electron chi connectivity index (χ3n) is 8.79. The molecule has 0 spiro atoms. The molecule has 0 unspecified atom stereocenters. The van der Waals surface area contributed by atoms with Crippen molar-refractivity contribution in [2.75, 3.05) is 24.6 Å². The lowest BCUT2D eigenvalue weighted by atomic mass is 9.98. The molecule has 46 heavy (non-hydrogen) atoms. The fourth-order valence-corrected chi connectivity index (χ4v) is 6.61. The zero-order valence-corrected chi connectivity index (χ0v) is 26.2. The van der Waals surface area contributed by atoms with Crippen LogP contribution in [-0.2, 0) is 11.2 Å². The van der Waals surface area contributed by atoms with Gasteiger partial charge in [0.15, 0.2) is 11.5 Å². The van der Waals surface area contributed by atoms with Crippen LogP contribution in [0.5, 0.6) is 5.75 Å². The maximum atomic E-state index is 16.4. The number of nitriles is 1. The minimum Gasteiger partial charge on any atom is -0.493 e. The maximum absolute atomic E-state index is 16.4. The van der Waals surface area contributed by atoms with Gasteiger partial charge in [-0.1, -0.05) is 26.5 Å². The molecular formula is C35H34F2N6O3. The monoisotopic (exact) mass is 624 g/mol. The molecular weight excluding hydrogens is 590 g/mol. The van der Waals surface area contributed by atoms with Crippen molar-refractivity contribution in [1.29, 1.82) is 5.26 Å². The van der Waals surface area contributed by atoms with Gasteiger partial charge in [-0.3, -0.25) is 19.1 Å². The normalized spacial score (nSPS) is 17.9. The van der Waals surface area contributed by atoms with E-state index in [-0.39, 0.29) is 82.9 Å². The number of benzene rings is 1. The number of ether oxygens (including phenoxy) is 1. The molecule has 0 saturated carbocycles. The average Bonchev–Trinajstić information content (AvgIpc) is 3.03.